The maximum Gasteiger partial charge on any atom is 0.241 e. The van der Waals surface area contributed by atoms with Crippen LogP contribution in [0.4, 0.5) is 5.69 Å². The molecular formula is C23H22N2O3S. The molecule has 4 rings (SSSR count). The molecule has 0 radical (unpaired) electrons. The van der Waals surface area contributed by atoms with Gasteiger partial charge >= 0.3 is 0 Å². The highest BCUT2D eigenvalue weighted by atomic mass is 32.2. The molecule has 1 heterocycles. The third-order valence-electron chi connectivity index (χ3n) is 5.27. The van der Waals surface area contributed by atoms with Gasteiger partial charge in [-0.05, 0) is 48.7 Å². The molecule has 5 nitrogen and oxygen atoms in total. The highest BCUT2D eigenvalue weighted by Gasteiger charge is 2.29. The topological polar surface area (TPSA) is 75.3 Å². The van der Waals surface area contributed by atoms with Crippen molar-refractivity contribution in [3.05, 3.63) is 95.1 Å². The number of amides is 1. The van der Waals surface area contributed by atoms with E-state index in [1.54, 1.807) is 19.1 Å². The number of rotatable bonds is 5. The Balaban J connectivity index is 1.72. The van der Waals surface area contributed by atoms with E-state index in [9.17, 15) is 13.2 Å². The predicted molar refractivity (Wildman–Crippen MR) is 113 cm³/mol. The first-order valence-electron chi connectivity index (χ1n) is 9.44. The van der Waals surface area contributed by atoms with Crippen LogP contribution in [0.1, 0.15) is 41.1 Å². The van der Waals surface area contributed by atoms with Crippen LogP contribution in [-0.2, 0) is 14.8 Å². The third-order valence-corrected chi connectivity index (χ3v) is 6.69. The summed E-state index contributed by atoms with van der Waals surface area (Å²) >= 11 is 0. The van der Waals surface area contributed by atoms with Gasteiger partial charge < -0.3 is 5.32 Å². The molecule has 1 aliphatic rings. The molecule has 29 heavy (non-hydrogen) atoms. The first-order valence-corrected chi connectivity index (χ1v) is 10.9. The molecule has 0 spiro atoms. The molecule has 6 heteroatoms. The molecule has 2 atom stereocenters. The van der Waals surface area contributed by atoms with Gasteiger partial charge in [-0.25, -0.2) is 8.42 Å². The highest BCUT2D eigenvalue weighted by molar-refractivity contribution is 7.89. The maximum atomic E-state index is 13.2. The van der Waals surface area contributed by atoms with Gasteiger partial charge in [-0.1, -0.05) is 60.2 Å². The summed E-state index contributed by atoms with van der Waals surface area (Å²) < 4.78 is 29.3. The zero-order chi connectivity index (χ0) is 20.6. The van der Waals surface area contributed by atoms with Gasteiger partial charge in [-0.15, -0.1) is 0 Å². The zero-order valence-corrected chi connectivity index (χ0v) is 17.0. The van der Waals surface area contributed by atoms with Crippen molar-refractivity contribution in [2.75, 3.05) is 5.32 Å². The first-order chi connectivity index (χ1) is 13.8. The molecular weight excluding hydrogens is 384 g/mol. The van der Waals surface area contributed by atoms with E-state index < -0.39 is 16.1 Å². The summed E-state index contributed by atoms with van der Waals surface area (Å²) in [6.45, 7) is 3.76. The summed E-state index contributed by atoms with van der Waals surface area (Å²) in [6.07, 6.45) is 0. The van der Waals surface area contributed by atoms with E-state index in [-0.39, 0.29) is 16.7 Å². The monoisotopic (exact) mass is 406 g/mol. The van der Waals surface area contributed by atoms with Gasteiger partial charge in [0.05, 0.1) is 16.9 Å². The fourth-order valence-electron chi connectivity index (χ4n) is 3.52. The Bertz CT molecular complexity index is 1160. The molecule has 3 aromatic carbocycles. The summed E-state index contributed by atoms with van der Waals surface area (Å²) in [5.74, 6) is -0.494. The Labute approximate surface area is 170 Å². The van der Waals surface area contributed by atoms with Gasteiger partial charge in [0.2, 0.25) is 15.9 Å². The van der Waals surface area contributed by atoms with Crippen LogP contribution in [0.2, 0.25) is 0 Å². The van der Waals surface area contributed by atoms with Crippen LogP contribution < -0.4 is 10.0 Å². The van der Waals surface area contributed by atoms with Crippen LogP contribution in [0.3, 0.4) is 0 Å². The number of anilines is 1. The van der Waals surface area contributed by atoms with Gasteiger partial charge in [0.15, 0.2) is 0 Å². The smallest absolute Gasteiger partial charge is 0.241 e. The van der Waals surface area contributed by atoms with Crippen molar-refractivity contribution in [1.29, 1.82) is 0 Å². The van der Waals surface area contributed by atoms with Crippen LogP contribution in [0.5, 0.6) is 0 Å². The number of carbonyl (C=O) groups excluding carboxylic acids is 1. The number of sulfonamides is 1. The molecule has 0 aliphatic carbocycles. The SMILES string of the molecule is Cc1ccc([C@@H](NS(=O)(=O)c2ccc3c(c2)[C@H](C)C(=O)N3)c2ccccc2)cc1. The van der Waals surface area contributed by atoms with E-state index in [0.717, 1.165) is 16.7 Å². The lowest BCUT2D eigenvalue weighted by Crippen LogP contribution is -2.29. The van der Waals surface area contributed by atoms with Gasteiger partial charge in [0.1, 0.15) is 0 Å². The van der Waals surface area contributed by atoms with Crippen molar-refractivity contribution >= 4 is 21.6 Å². The van der Waals surface area contributed by atoms with E-state index in [0.29, 0.717) is 11.3 Å². The van der Waals surface area contributed by atoms with Crippen molar-refractivity contribution in [2.45, 2.75) is 30.7 Å². The predicted octanol–water partition coefficient (Wildman–Crippen LogP) is 4.12. The number of aryl methyl sites for hydroxylation is 1. The van der Waals surface area contributed by atoms with E-state index in [4.69, 9.17) is 0 Å². The second-order valence-corrected chi connectivity index (χ2v) is 9.05. The normalized spacial score (nSPS) is 16.9. The summed E-state index contributed by atoms with van der Waals surface area (Å²) in [7, 11) is -3.82. The van der Waals surface area contributed by atoms with Gasteiger partial charge in [-0.3, -0.25) is 4.79 Å². The lowest BCUT2D eigenvalue weighted by Gasteiger charge is -2.20. The van der Waals surface area contributed by atoms with Crippen LogP contribution in [0, 0.1) is 6.92 Å². The van der Waals surface area contributed by atoms with Crippen molar-refractivity contribution in [2.24, 2.45) is 0 Å². The van der Waals surface area contributed by atoms with E-state index in [1.165, 1.54) is 6.07 Å². The molecule has 0 saturated carbocycles. The Kier molecular flexibility index (Phi) is 4.98. The molecule has 148 valence electrons. The number of benzene rings is 3. The van der Waals surface area contributed by atoms with E-state index >= 15 is 0 Å². The molecule has 1 aliphatic heterocycles. The van der Waals surface area contributed by atoms with Crippen LogP contribution in [0.15, 0.2) is 77.7 Å². The molecule has 3 aromatic rings. The van der Waals surface area contributed by atoms with Crippen LogP contribution in [-0.4, -0.2) is 14.3 Å². The number of carbonyl (C=O) groups is 1. The Morgan fingerprint density at radius 1 is 0.931 bits per heavy atom. The Morgan fingerprint density at radius 2 is 1.59 bits per heavy atom. The lowest BCUT2D eigenvalue weighted by atomic mass is 9.99. The van der Waals surface area contributed by atoms with Gasteiger partial charge in [0.25, 0.3) is 0 Å². The van der Waals surface area contributed by atoms with Crippen molar-refractivity contribution in [1.82, 2.24) is 4.72 Å². The third kappa shape index (κ3) is 3.81. The summed E-state index contributed by atoms with van der Waals surface area (Å²) in [6, 6.07) is 21.5. The molecule has 0 fully saturated rings. The van der Waals surface area contributed by atoms with Gasteiger partial charge in [0, 0.05) is 5.69 Å². The molecule has 2 N–H and O–H groups in total. The largest absolute Gasteiger partial charge is 0.325 e. The van der Waals surface area contributed by atoms with Crippen molar-refractivity contribution < 1.29 is 13.2 Å². The number of hydrogen-bond acceptors (Lipinski definition) is 3. The second-order valence-electron chi connectivity index (χ2n) is 7.34. The molecule has 0 unspecified atom stereocenters. The van der Waals surface area contributed by atoms with Crippen molar-refractivity contribution in [3.63, 3.8) is 0 Å². The lowest BCUT2D eigenvalue weighted by molar-refractivity contribution is -0.116. The fraction of sp³-hybridized carbons (Fsp3) is 0.174. The minimum atomic E-state index is -3.82. The maximum absolute atomic E-state index is 13.2. The van der Waals surface area contributed by atoms with Crippen LogP contribution in [0.25, 0.3) is 0 Å². The molecule has 1 amide bonds. The summed E-state index contributed by atoms with van der Waals surface area (Å²) in [4.78, 5) is 12.0. The average Bonchev–Trinajstić information content (AvgIpc) is 3.01. The highest BCUT2D eigenvalue weighted by Crippen LogP contribution is 2.34. The fourth-order valence-corrected chi connectivity index (χ4v) is 4.77. The second kappa shape index (κ2) is 7.46. The quantitative estimate of drug-likeness (QED) is 0.669. The number of hydrogen-bond donors (Lipinski definition) is 2. The zero-order valence-electron chi connectivity index (χ0n) is 16.2. The van der Waals surface area contributed by atoms with E-state index in [1.807, 2.05) is 61.5 Å². The Hall–Kier alpha value is -2.96. The molecule has 0 saturated heterocycles. The number of nitrogens with one attached hydrogen (secondary N) is 2. The summed E-state index contributed by atoms with van der Waals surface area (Å²) in [5.41, 5.74) is 4.18. The van der Waals surface area contributed by atoms with Crippen molar-refractivity contribution in [3.8, 4) is 0 Å². The first kappa shape index (κ1) is 19.4. The Morgan fingerprint density at radius 3 is 2.28 bits per heavy atom. The molecule has 0 aromatic heterocycles. The van der Waals surface area contributed by atoms with E-state index in [2.05, 4.69) is 10.0 Å². The van der Waals surface area contributed by atoms with Gasteiger partial charge in [-0.2, -0.15) is 4.72 Å². The standard InChI is InChI=1S/C23H22N2O3S/c1-15-8-10-18(11-9-15)22(17-6-4-3-5-7-17)25-29(27,28)19-12-13-21-20(14-19)16(2)23(26)24-21/h3-14,16,22,25H,1-2H3,(H,24,26)/t16-,22-/m0/s1. The minimum absolute atomic E-state index is 0.121. The molecule has 0 bridgehead atoms. The minimum Gasteiger partial charge on any atom is -0.325 e. The average molecular weight is 407 g/mol. The number of fused-ring (bicyclic) bond motifs is 1. The van der Waals surface area contributed by atoms with Crippen LogP contribution >= 0.6 is 0 Å². The summed E-state index contributed by atoms with van der Waals surface area (Å²) in [5, 5.41) is 2.77.